The van der Waals surface area contributed by atoms with E-state index >= 15 is 0 Å². The van der Waals surface area contributed by atoms with Crippen LogP contribution in [0.15, 0.2) is 18.2 Å². The Morgan fingerprint density at radius 3 is 2.48 bits per heavy atom. The van der Waals surface area contributed by atoms with Crippen LogP contribution in [0.4, 0.5) is 17.6 Å². The number of benzene rings is 1. The molecule has 0 saturated heterocycles. The van der Waals surface area contributed by atoms with E-state index in [9.17, 15) is 22.4 Å². The third kappa shape index (κ3) is 5.22. The topological polar surface area (TPSA) is 49.8 Å². The average Bonchev–Trinajstić information content (AvgIpc) is 2.34. The monoisotopic (exact) mass is 309 g/mol. The highest BCUT2D eigenvalue weighted by Crippen LogP contribution is 2.28. The molecule has 0 amide bonds. The minimum absolute atomic E-state index is 0.0356. The van der Waals surface area contributed by atoms with E-state index in [1.54, 1.807) is 0 Å². The third-order valence-corrected chi connectivity index (χ3v) is 2.93. The molecular weight excluding hydrogens is 294 g/mol. The van der Waals surface area contributed by atoms with Gasteiger partial charge < -0.3 is 9.84 Å². The predicted octanol–water partition coefficient (Wildman–Crippen LogP) is 2.84. The Kier molecular flexibility index (Phi) is 5.54. The molecule has 0 spiro atoms. The van der Waals surface area contributed by atoms with Gasteiger partial charge in [0.25, 0.3) is 0 Å². The van der Waals surface area contributed by atoms with E-state index in [1.807, 2.05) is 0 Å². The van der Waals surface area contributed by atoms with Crippen LogP contribution < -0.4 is 4.74 Å². The number of halogens is 4. The molecule has 21 heavy (non-hydrogen) atoms. The van der Waals surface area contributed by atoms with Gasteiger partial charge in [-0.05, 0) is 24.6 Å². The number of methoxy groups -OCH3 is 1. The lowest BCUT2D eigenvalue weighted by atomic mass is 10.1. The zero-order chi connectivity index (χ0) is 16.2. The van der Waals surface area contributed by atoms with Crippen molar-refractivity contribution in [3.63, 3.8) is 0 Å². The average molecular weight is 309 g/mol. The first kappa shape index (κ1) is 17.2. The molecule has 8 heteroatoms. The van der Waals surface area contributed by atoms with E-state index in [0.29, 0.717) is 4.90 Å². The van der Waals surface area contributed by atoms with E-state index in [-0.39, 0.29) is 11.3 Å². The summed E-state index contributed by atoms with van der Waals surface area (Å²) in [6, 6.07) is 2.81. The maximum absolute atomic E-state index is 13.6. The molecule has 118 valence electrons. The highest BCUT2D eigenvalue weighted by atomic mass is 19.4. The van der Waals surface area contributed by atoms with Crippen molar-refractivity contribution in [1.29, 1.82) is 0 Å². The molecule has 1 atom stereocenters. The Labute approximate surface area is 118 Å². The Bertz CT molecular complexity index is 505. The summed E-state index contributed by atoms with van der Waals surface area (Å²) in [4.78, 5) is 11.4. The van der Waals surface area contributed by atoms with Gasteiger partial charge in [0.2, 0.25) is 0 Å². The predicted molar refractivity (Wildman–Crippen MR) is 66.6 cm³/mol. The van der Waals surface area contributed by atoms with Crippen LogP contribution in [-0.4, -0.2) is 42.4 Å². The lowest BCUT2D eigenvalue weighted by molar-refractivity contribution is -0.157. The molecule has 0 aliphatic heterocycles. The maximum atomic E-state index is 13.6. The number of rotatable bonds is 6. The highest BCUT2D eigenvalue weighted by molar-refractivity contribution is 5.69. The fourth-order valence-corrected chi connectivity index (χ4v) is 1.89. The number of ether oxygens (including phenoxy) is 1. The Hall–Kier alpha value is -1.83. The van der Waals surface area contributed by atoms with Crippen molar-refractivity contribution in [2.45, 2.75) is 19.1 Å². The molecule has 0 fully saturated rings. The summed E-state index contributed by atoms with van der Waals surface area (Å²) >= 11 is 0. The van der Waals surface area contributed by atoms with E-state index in [4.69, 9.17) is 9.84 Å². The summed E-state index contributed by atoms with van der Waals surface area (Å²) in [7, 11) is 1.27. The quantitative estimate of drug-likeness (QED) is 0.821. The first-order valence-corrected chi connectivity index (χ1v) is 6.00. The first-order valence-electron chi connectivity index (χ1n) is 6.00. The number of carbonyl (C=O) groups is 1. The molecular formula is C13H15F4NO3. The highest BCUT2D eigenvalue weighted by Gasteiger charge is 2.34. The van der Waals surface area contributed by atoms with Gasteiger partial charge in [0.05, 0.1) is 20.2 Å². The minimum Gasteiger partial charge on any atom is -0.494 e. The molecule has 0 heterocycles. The lowest BCUT2D eigenvalue weighted by Gasteiger charge is -2.28. The van der Waals surface area contributed by atoms with Crippen LogP contribution in [0, 0.1) is 5.82 Å². The summed E-state index contributed by atoms with van der Waals surface area (Å²) < 4.78 is 55.8. The van der Waals surface area contributed by atoms with Crippen molar-refractivity contribution in [2.24, 2.45) is 0 Å². The van der Waals surface area contributed by atoms with Crippen LogP contribution in [0.5, 0.6) is 5.75 Å². The lowest BCUT2D eigenvalue weighted by Crippen LogP contribution is -2.39. The summed E-state index contributed by atoms with van der Waals surface area (Å²) in [5.74, 6) is -2.14. The smallest absolute Gasteiger partial charge is 0.401 e. The number of hydrogen-bond acceptors (Lipinski definition) is 3. The van der Waals surface area contributed by atoms with Gasteiger partial charge in [0.1, 0.15) is 0 Å². The number of carboxylic acid groups (broad SMARTS) is 1. The standard InChI is InChI=1S/C13H15F4NO3/c1-8(9-3-4-11(21-2)10(14)5-9)18(6-12(19)20)7-13(15,16)17/h3-5,8H,6-7H2,1-2H3,(H,19,20). The van der Waals surface area contributed by atoms with Crippen LogP contribution >= 0.6 is 0 Å². The summed E-state index contributed by atoms with van der Waals surface area (Å²) in [6.45, 7) is -0.807. The number of alkyl halides is 3. The molecule has 1 N–H and O–H groups in total. The van der Waals surface area contributed by atoms with Crippen LogP contribution in [0.25, 0.3) is 0 Å². The van der Waals surface area contributed by atoms with E-state index < -0.39 is 37.1 Å². The van der Waals surface area contributed by atoms with E-state index in [2.05, 4.69) is 0 Å². The molecule has 0 aliphatic rings. The molecule has 1 rings (SSSR count). The molecule has 0 bridgehead atoms. The van der Waals surface area contributed by atoms with Gasteiger partial charge in [-0.2, -0.15) is 13.2 Å². The molecule has 0 radical (unpaired) electrons. The van der Waals surface area contributed by atoms with Gasteiger partial charge in [-0.25, -0.2) is 4.39 Å². The Morgan fingerprint density at radius 2 is 2.05 bits per heavy atom. The fourth-order valence-electron chi connectivity index (χ4n) is 1.89. The Balaban J connectivity index is 3.01. The van der Waals surface area contributed by atoms with Crippen LogP contribution in [-0.2, 0) is 4.79 Å². The van der Waals surface area contributed by atoms with Gasteiger partial charge in [0.15, 0.2) is 11.6 Å². The van der Waals surface area contributed by atoms with Crippen molar-refractivity contribution in [3.8, 4) is 5.75 Å². The van der Waals surface area contributed by atoms with Crippen molar-refractivity contribution in [2.75, 3.05) is 20.2 Å². The summed E-state index contributed by atoms with van der Waals surface area (Å²) in [5.41, 5.74) is 0.235. The van der Waals surface area contributed by atoms with Crippen molar-refractivity contribution >= 4 is 5.97 Å². The molecule has 1 aromatic carbocycles. The zero-order valence-electron chi connectivity index (χ0n) is 11.4. The maximum Gasteiger partial charge on any atom is 0.401 e. The number of carboxylic acids is 1. The third-order valence-electron chi connectivity index (χ3n) is 2.93. The van der Waals surface area contributed by atoms with Crippen molar-refractivity contribution in [3.05, 3.63) is 29.6 Å². The first-order chi connectivity index (χ1) is 9.64. The molecule has 0 saturated carbocycles. The van der Waals surface area contributed by atoms with Gasteiger partial charge in [0, 0.05) is 6.04 Å². The van der Waals surface area contributed by atoms with Gasteiger partial charge in [-0.3, -0.25) is 9.69 Å². The van der Waals surface area contributed by atoms with E-state index in [0.717, 1.165) is 6.07 Å². The molecule has 0 aliphatic carbocycles. The largest absolute Gasteiger partial charge is 0.494 e. The van der Waals surface area contributed by atoms with Crippen molar-refractivity contribution < 1.29 is 32.2 Å². The van der Waals surface area contributed by atoms with Crippen LogP contribution in [0.2, 0.25) is 0 Å². The van der Waals surface area contributed by atoms with Crippen molar-refractivity contribution in [1.82, 2.24) is 4.90 Å². The molecule has 1 unspecified atom stereocenters. The van der Waals surface area contributed by atoms with Crippen LogP contribution in [0.1, 0.15) is 18.5 Å². The number of nitrogens with zero attached hydrogens (tertiary/aromatic N) is 1. The number of aliphatic carboxylic acids is 1. The van der Waals surface area contributed by atoms with Gasteiger partial charge in [-0.15, -0.1) is 0 Å². The fraction of sp³-hybridized carbons (Fsp3) is 0.462. The van der Waals surface area contributed by atoms with E-state index in [1.165, 1.54) is 26.2 Å². The van der Waals surface area contributed by atoms with Gasteiger partial charge >= 0.3 is 12.1 Å². The normalized spacial score (nSPS) is 13.3. The minimum atomic E-state index is -4.55. The second-order valence-electron chi connectivity index (χ2n) is 4.48. The SMILES string of the molecule is COc1ccc(C(C)N(CC(=O)O)CC(F)(F)F)cc1F. The van der Waals surface area contributed by atoms with Gasteiger partial charge in [-0.1, -0.05) is 6.07 Å². The molecule has 4 nitrogen and oxygen atoms in total. The summed E-state index contributed by atoms with van der Waals surface area (Å²) in [5, 5.41) is 8.71. The molecule has 0 aromatic heterocycles. The zero-order valence-corrected chi connectivity index (χ0v) is 11.4. The second-order valence-corrected chi connectivity index (χ2v) is 4.48. The molecule has 1 aromatic rings. The number of hydrogen-bond donors (Lipinski definition) is 1. The summed E-state index contributed by atoms with van der Waals surface area (Å²) in [6.07, 6.45) is -4.55. The van der Waals surface area contributed by atoms with Crippen LogP contribution in [0.3, 0.4) is 0 Å². The Morgan fingerprint density at radius 1 is 1.43 bits per heavy atom. The second kappa shape index (κ2) is 6.75.